The third-order valence-corrected chi connectivity index (χ3v) is 2.28. The molecule has 0 bridgehead atoms. The van der Waals surface area contributed by atoms with E-state index < -0.39 is 10.9 Å². The smallest absolute Gasteiger partial charge is 0.335 e. The third-order valence-electron chi connectivity index (χ3n) is 2.28. The van der Waals surface area contributed by atoms with Gasteiger partial charge in [0.2, 0.25) is 5.75 Å². The number of carboxylic acid groups (broad SMARTS) is 1. The van der Waals surface area contributed by atoms with Gasteiger partial charge in [-0.2, -0.15) is 0 Å². The molecular weight excluding hydrogens is 252 g/mol. The summed E-state index contributed by atoms with van der Waals surface area (Å²) in [5.74, 6) is -0.980. The summed E-state index contributed by atoms with van der Waals surface area (Å²) in [5, 5.41) is 19.7. The van der Waals surface area contributed by atoms with Gasteiger partial charge in [0.15, 0.2) is 0 Å². The van der Waals surface area contributed by atoms with E-state index in [0.717, 1.165) is 18.2 Å². The molecule has 2 rings (SSSR count). The SMILES string of the molecule is O=C(O)c1ccc([N+](=O)[O-])c(Oc2ccncc2)c1. The summed E-state index contributed by atoms with van der Waals surface area (Å²) < 4.78 is 5.32. The first-order valence-corrected chi connectivity index (χ1v) is 5.17. The van der Waals surface area contributed by atoms with Gasteiger partial charge in [0.05, 0.1) is 10.5 Å². The van der Waals surface area contributed by atoms with Crippen LogP contribution in [-0.4, -0.2) is 21.0 Å². The number of pyridine rings is 1. The van der Waals surface area contributed by atoms with E-state index in [1.165, 1.54) is 24.5 Å². The number of hydrogen-bond acceptors (Lipinski definition) is 5. The van der Waals surface area contributed by atoms with Crippen LogP contribution in [0.1, 0.15) is 10.4 Å². The van der Waals surface area contributed by atoms with Crippen LogP contribution < -0.4 is 4.74 Å². The van der Waals surface area contributed by atoms with Gasteiger partial charge in [-0.25, -0.2) is 4.79 Å². The number of benzene rings is 1. The lowest BCUT2D eigenvalue weighted by atomic mass is 10.2. The Hall–Kier alpha value is -2.96. The maximum absolute atomic E-state index is 10.9. The number of nitro benzene ring substituents is 1. The van der Waals surface area contributed by atoms with Gasteiger partial charge in [-0.05, 0) is 18.2 Å². The highest BCUT2D eigenvalue weighted by Crippen LogP contribution is 2.31. The molecule has 1 N–H and O–H groups in total. The number of nitrogens with zero attached hydrogens (tertiary/aromatic N) is 2. The molecule has 7 heteroatoms. The highest BCUT2D eigenvalue weighted by molar-refractivity contribution is 5.88. The van der Waals surface area contributed by atoms with Crippen LogP contribution in [0.4, 0.5) is 5.69 Å². The van der Waals surface area contributed by atoms with Crippen molar-refractivity contribution < 1.29 is 19.6 Å². The van der Waals surface area contributed by atoms with Crippen LogP contribution in [-0.2, 0) is 0 Å². The molecule has 0 aliphatic rings. The van der Waals surface area contributed by atoms with E-state index in [-0.39, 0.29) is 17.0 Å². The zero-order valence-corrected chi connectivity index (χ0v) is 9.52. The van der Waals surface area contributed by atoms with Crippen molar-refractivity contribution in [2.75, 3.05) is 0 Å². The maximum Gasteiger partial charge on any atom is 0.335 e. The van der Waals surface area contributed by atoms with Crippen LogP contribution in [0.3, 0.4) is 0 Å². The molecule has 0 atom stereocenters. The minimum absolute atomic E-state index is 0.0883. The predicted molar refractivity (Wildman–Crippen MR) is 64.4 cm³/mol. The third kappa shape index (κ3) is 2.83. The molecule has 2 aromatic rings. The fourth-order valence-electron chi connectivity index (χ4n) is 1.41. The fourth-order valence-corrected chi connectivity index (χ4v) is 1.41. The van der Waals surface area contributed by atoms with Crippen molar-refractivity contribution in [2.24, 2.45) is 0 Å². The Morgan fingerprint density at radius 1 is 1.26 bits per heavy atom. The molecule has 0 aliphatic heterocycles. The lowest BCUT2D eigenvalue weighted by molar-refractivity contribution is -0.385. The molecule has 7 nitrogen and oxygen atoms in total. The first-order valence-electron chi connectivity index (χ1n) is 5.17. The summed E-state index contributed by atoms with van der Waals surface area (Å²) in [6.45, 7) is 0. The number of rotatable bonds is 4. The summed E-state index contributed by atoms with van der Waals surface area (Å²) in [5.41, 5.74) is -0.392. The fraction of sp³-hybridized carbons (Fsp3) is 0. The minimum atomic E-state index is -1.19. The van der Waals surface area contributed by atoms with E-state index in [1.807, 2.05) is 0 Å². The highest BCUT2D eigenvalue weighted by atomic mass is 16.6. The van der Waals surface area contributed by atoms with Crippen LogP contribution in [0.25, 0.3) is 0 Å². The van der Waals surface area contributed by atoms with E-state index in [1.54, 1.807) is 0 Å². The lowest BCUT2D eigenvalue weighted by Crippen LogP contribution is -1.99. The van der Waals surface area contributed by atoms with E-state index in [2.05, 4.69) is 4.98 Å². The van der Waals surface area contributed by atoms with Gasteiger partial charge in [0, 0.05) is 24.5 Å². The normalized spacial score (nSPS) is 9.89. The second-order valence-corrected chi connectivity index (χ2v) is 3.53. The minimum Gasteiger partial charge on any atom is -0.478 e. The average molecular weight is 260 g/mol. The standard InChI is InChI=1S/C12H8N2O5/c15-12(16)8-1-2-10(14(17)18)11(7-8)19-9-3-5-13-6-4-9/h1-7H,(H,15,16). The summed E-state index contributed by atoms with van der Waals surface area (Å²) in [7, 11) is 0. The Labute approximate surface area is 107 Å². The van der Waals surface area contributed by atoms with Crippen molar-refractivity contribution in [3.8, 4) is 11.5 Å². The number of aromatic carboxylic acids is 1. The molecule has 0 amide bonds. The Kier molecular flexibility index (Phi) is 3.37. The van der Waals surface area contributed by atoms with Crippen molar-refractivity contribution in [3.63, 3.8) is 0 Å². The number of ether oxygens (including phenoxy) is 1. The molecule has 1 aromatic carbocycles. The molecule has 0 spiro atoms. The van der Waals surface area contributed by atoms with E-state index in [9.17, 15) is 14.9 Å². The molecule has 0 saturated carbocycles. The molecule has 19 heavy (non-hydrogen) atoms. The maximum atomic E-state index is 10.9. The van der Waals surface area contributed by atoms with Crippen LogP contribution in [0.5, 0.6) is 11.5 Å². The molecule has 1 heterocycles. The largest absolute Gasteiger partial charge is 0.478 e. The predicted octanol–water partition coefficient (Wildman–Crippen LogP) is 2.48. The molecule has 0 saturated heterocycles. The van der Waals surface area contributed by atoms with Gasteiger partial charge in [-0.15, -0.1) is 0 Å². The lowest BCUT2D eigenvalue weighted by Gasteiger charge is -2.06. The van der Waals surface area contributed by atoms with E-state index >= 15 is 0 Å². The first-order chi connectivity index (χ1) is 9.08. The Balaban J connectivity index is 2.43. The summed E-state index contributed by atoms with van der Waals surface area (Å²) in [6.07, 6.45) is 2.92. The zero-order valence-electron chi connectivity index (χ0n) is 9.52. The van der Waals surface area contributed by atoms with Crippen LogP contribution >= 0.6 is 0 Å². The number of aromatic nitrogens is 1. The van der Waals surface area contributed by atoms with Gasteiger partial charge in [0.25, 0.3) is 0 Å². The average Bonchev–Trinajstić information content (AvgIpc) is 2.39. The zero-order chi connectivity index (χ0) is 13.8. The first kappa shape index (κ1) is 12.5. The van der Waals surface area contributed by atoms with Crippen LogP contribution in [0.2, 0.25) is 0 Å². The number of hydrogen-bond donors (Lipinski definition) is 1. The van der Waals surface area contributed by atoms with Crippen molar-refractivity contribution in [3.05, 3.63) is 58.4 Å². The number of nitro groups is 1. The monoisotopic (exact) mass is 260 g/mol. The van der Waals surface area contributed by atoms with E-state index in [0.29, 0.717) is 5.75 Å². The molecule has 0 fully saturated rings. The Morgan fingerprint density at radius 3 is 2.53 bits per heavy atom. The second kappa shape index (κ2) is 5.13. The number of carbonyl (C=O) groups is 1. The Bertz CT molecular complexity index is 627. The van der Waals surface area contributed by atoms with Crippen LogP contribution in [0.15, 0.2) is 42.7 Å². The topological polar surface area (TPSA) is 103 Å². The highest BCUT2D eigenvalue weighted by Gasteiger charge is 2.18. The molecular formula is C12H8N2O5. The molecule has 1 aromatic heterocycles. The summed E-state index contributed by atoms with van der Waals surface area (Å²) in [4.78, 5) is 24.9. The van der Waals surface area contributed by atoms with E-state index in [4.69, 9.17) is 9.84 Å². The van der Waals surface area contributed by atoms with Gasteiger partial charge in [0.1, 0.15) is 5.75 Å². The van der Waals surface area contributed by atoms with Crippen molar-refractivity contribution in [1.29, 1.82) is 0 Å². The molecule has 0 radical (unpaired) electrons. The van der Waals surface area contributed by atoms with Gasteiger partial charge >= 0.3 is 11.7 Å². The molecule has 0 aliphatic carbocycles. The van der Waals surface area contributed by atoms with Crippen molar-refractivity contribution in [1.82, 2.24) is 4.98 Å². The molecule has 0 unspecified atom stereocenters. The van der Waals surface area contributed by atoms with Crippen molar-refractivity contribution in [2.45, 2.75) is 0 Å². The van der Waals surface area contributed by atoms with Gasteiger partial charge in [-0.1, -0.05) is 0 Å². The number of carboxylic acids is 1. The van der Waals surface area contributed by atoms with Crippen molar-refractivity contribution >= 4 is 11.7 Å². The summed E-state index contributed by atoms with van der Waals surface area (Å²) in [6, 6.07) is 6.38. The Morgan fingerprint density at radius 2 is 1.95 bits per heavy atom. The van der Waals surface area contributed by atoms with Crippen LogP contribution in [0, 0.1) is 10.1 Å². The van der Waals surface area contributed by atoms with Gasteiger partial charge in [-0.3, -0.25) is 15.1 Å². The quantitative estimate of drug-likeness (QED) is 0.669. The summed E-state index contributed by atoms with van der Waals surface area (Å²) >= 11 is 0. The molecule has 96 valence electrons. The van der Waals surface area contributed by atoms with Gasteiger partial charge < -0.3 is 9.84 Å². The second-order valence-electron chi connectivity index (χ2n) is 3.53.